The van der Waals surface area contributed by atoms with E-state index in [-0.39, 0.29) is 35.0 Å². The Hall–Kier alpha value is -2.37. The summed E-state index contributed by atoms with van der Waals surface area (Å²) >= 11 is 0. The molecule has 0 amide bonds. The summed E-state index contributed by atoms with van der Waals surface area (Å²) < 4.78 is 15.8. The predicted octanol–water partition coefficient (Wildman–Crippen LogP) is 2.64. The predicted molar refractivity (Wildman–Crippen MR) is 81.8 cm³/mol. The Balaban J connectivity index is 1.59. The van der Waals surface area contributed by atoms with Crippen LogP contribution in [0.4, 0.5) is 0 Å². The number of rotatable bonds is 6. The first kappa shape index (κ1) is 15.2. The van der Waals surface area contributed by atoms with Crippen LogP contribution in [0.2, 0.25) is 0 Å². The molecule has 0 aromatic heterocycles. The van der Waals surface area contributed by atoms with E-state index in [0.29, 0.717) is 0 Å². The zero-order valence-electron chi connectivity index (χ0n) is 13.2. The molecular formula is C18H18O6. The summed E-state index contributed by atoms with van der Waals surface area (Å²) in [5.41, 5.74) is 0.445. The molecule has 3 saturated carbocycles. The van der Waals surface area contributed by atoms with Gasteiger partial charge < -0.3 is 14.2 Å². The van der Waals surface area contributed by atoms with Crippen LogP contribution in [0.15, 0.2) is 18.2 Å². The van der Waals surface area contributed by atoms with E-state index in [2.05, 4.69) is 0 Å². The van der Waals surface area contributed by atoms with Crippen LogP contribution in [0.25, 0.3) is 0 Å². The van der Waals surface area contributed by atoms with Crippen molar-refractivity contribution in [3.63, 3.8) is 0 Å². The lowest BCUT2D eigenvalue weighted by Crippen LogP contribution is -2.17. The average Bonchev–Trinajstić information content (AvgIpc) is 3.39. The fraction of sp³-hybridized carbons (Fsp3) is 0.500. The Kier molecular flexibility index (Phi) is 3.75. The number of hydrogen-bond donors (Lipinski definition) is 0. The van der Waals surface area contributed by atoms with Crippen molar-refractivity contribution in [1.29, 1.82) is 0 Å². The van der Waals surface area contributed by atoms with Crippen LogP contribution in [0.1, 0.15) is 69.6 Å². The summed E-state index contributed by atoms with van der Waals surface area (Å²) in [6, 6.07) is 4.30. The molecule has 0 spiro atoms. The third-order valence-electron chi connectivity index (χ3n) is 4.09. The largest absolute Gasteiger partial charge is 0.459 e. The number of carbonyl (C=O) groups is 3. The minimum Gasteiger partial charge on any atom is -0.459 e. The van der Waals surface area contributed by atoms with Crippen molar-refractivity contribution in [2.24, 2.45) is 0 Å². The Bertz CT molecular complexity index is 697. The molecular weight excluding hydrogens is 312 g/mol. The van der Waals surface area contributed by atoms with E-state index in [1.807, 2.05) is 0 Å². The maximum Gasteiger partial charge on any atom is 0.339 e. The lowest BCUT2D eigenvalue weighted by Gasteiger charge is -2.11. The quantitative estimate of drug-likeness (QED) is 0.589. The van der Waals surface area contributed by atoms with Crippen molar-refractivity contribution in [3.8, 4) is 0 Å². The monoisotopic (exact) mass is 330 g/mol. The number of hydrogen-bond acceptors (Lipinski definition) is 6. The van der Waals surface area contributed by atoms with Gasteiger partial charge in [0.05, 0.1) is 16.7 Å². The van der Waals surface area contributed by atoms with Gasteiger partial charge in [-0.3, -0.25) is 0 Å². The highest BCUT2D eigenvalue weighted by atomic mass is 16.6. The zero-order chi connectivity index (χ0) is 16.7. The Labute approximate surface area is 139 Å². The molecule has 126 valence electrons. The van der Waals surface area contributed by atoms with Crippen LogP contribution in [-0.4, -0.2) is 36.2 Å². The van der Waals surface area contributed by atoms with Gasteiger partial charge >= 0.3 is 17.9 Å². The van der Waals surface area contributed by atoms with Gasteiger partial charge in [-0.05, 0) is 56.7 Å². The van der Waals surface area contributed by atoms with Gasteiger partial charge in [0.2, 0.25) is 0 Å². The summed E-state index contributed by atoms with van der Waals surface area (Å²) in [5.74, 6) is -1.64. The third kappa shape index (κ3) is 3.58. The molecule has 0 bridgehead atoms. The van der Waals surface area contributed by atoms with E-state index in [9.17, 15) is 14.4 Å². The molecule has 4 rings (SSSR count). The number of ether oxygens (including phenoxy) is 3. The number of esters is 3. The molecule has 0 saturated heterocycles. The standard InChI is InChI=1S/C18H18O6/c19-16(22-11-2-3-11)10-1-8-14(17(20)23-12-4-5-12)15(9-10)18(21)24-13-6-7-13/h1,8-9,11-13H,2-7H2. The Morgan fingerprint density at radius 3 is 1.62 bits per heavy atom. The summed E-state index contributed by atoms with van der Waals surface area (Å²) in [5, 5.41) is 0. The van der Waals surface area contributed by atoms with Gasteiger partial charge in [0.25, 0.3) is 0 Å². The topological polar surface area (TPSA) is 78.9 Å². The third-order valence-corrected chi connectivity index (χ3v) is 4.09. The van der Waals surface area contributed by atoms with Crippen LogP contribution in [0.3, 0.4) is 0 Å². The minimum atomic E-state index is -0.596. The van der Waals surface area contributed by atoms with Gasteiger partial charge in [-0.1, -0.05) is 0 Å². The summed E-state index contributed by atoms with van der Waals surface area (Å²) in [7, 11) is 0. The van der Waals surface area contributed by atoms with Crippen molar-refractivity contribution in [2.45, 2.75) is 56.8 Å². The minimum absolute atomic E-state index is 0.0288. The molecule has 3 aliphatic carbocycles. The van der Waals surface area contributed by atoms with E-state index < -0.39 is 17.9 Å². The van der Waals surface area contributed by atoms with Gasteiger partial charge in [-0.2, -0.15) is 0 Å². The van der Waals surface area contributed by atoms with Gasteiger partial charge in [0.15, 0.2) is 0 Å². The van der Waals surface area contributed by atoms with Gasteiger partial charge in [-0.25, -0.2) is 14.4 Å². The number of carbonyl (C=O) groups excluding carboxylic acids is 3. The van der Waals surface area contributed by atoms with Crippen LogP contribution >= 0.6 is 0 Å². The number of benzene rings is 1. The van der Waals surface area contributed by atoms with Crippen molar-refractivity contribution in [2.75, 3.05) is 0 Å². The fourth-order valence-corrected chi connectivity index (χ4v) is 2.22. The molecule has 0 heterocycles. The molecule has 0 radical (unpaired) electrons. The second kappa shape index (κ2) is 5.92. The lowest BCUT2D eigenvalue weighted by atomic mass is 10.0. The average molecular weight is 330 g/mol. The molecule has 1 aromatic carbocycles. The highest BCUT2D eigenvalue weighted by molar-refractivity contribution is 6.05. The summed E-state index contributed by atoms with van der Waals surface area (Å²) in [6.45, 7) is 0. The van der Waals surface area contributed by atoms with E-state index in [1.54, 1.807) is 0 Å². The van der Waals surface area contributed by atoms with E-state index in [4.69, 9.17) is 14.2 Å². The second-order valence-corrected chi connectivity index (χ2v) is 6.57. The van der Waals surface area contributed by atoms with Gasteiger partial charge in [0.1, 0.15) is 18.3 Å². The molecule has 6 heteroatoms. The lowest BCUT2D eigenvalue weighted by molar-refractivity contribution is 0.0421. The molecule has 1 aromatic rings. The highest BCUT2D eigenvalue weighted by Gasteiger charge is 2.32. The van der Waals surface area contributed by atoms with Crippen LogP contribution < -0.4 is 0 Å². The molecule has 0 N–H and O–H groups in total. The molecule has 3 fully saturated rings. The molecule has 0 aliphatic heterocycles. The van der Waals surface area contributed by atoms with Crippen LogP contribution in [-0.2, 0) is 14.2 Å². The Morgan fingerprint density at radius 1 is 0.667 bits per heavy atom. The first-order chi connectivity index (χ1) is 11.6. The van der Waals surface area contributed by atoms with E-state index >= 15 is 0 Å². The van der Waals surface area contributed by atoms with Crippen molar-refractivity contribution in [3.05, 3.63) is 34.9 Å². The molecule has 6 nitrogen and oxygen atoms in total. The van der Waals surface area contributed by atoms with Crippen LogP contribution in [0.5, 0.6) is 0 Å². The second-order valence-electron chi connectivity index (χ2n) is 6.57. The first-order valence-electron chi connectivity index (χ1n) is 8.37. The maximum atomic E-state index is 12.3. The smallest absolute Gasteiger partial charge is 0.339 e. The molecule has 0 unspecified atom stereocenters. The summed E-state index contributed by atoms with van der Waals surface area (Å²) in [6.07, 6.45) is 4.91. The highest BCUT2D eigenvalue weighted by Crippen LogP contribution is 2.29. The maximum absolute atomic E-state index is 12.3. The van der Waals surface area contributed by atoms with E-state index in [1.165, 1.54) is 18.2 Å². The Morgan fingerprint density at radius 2 is 1.12 bits per heavy atom. The fourth-order valence-electron chi connectivity index (χ4n) is 2.22. The van der Waals surface area contributed by atoms with E-state index in [0.717, 1.165) is 38.5 Å². The van der Waals surface area contributed by atoms with Crippen molar-refractivity contribution < 1.29 is 28.6 Å². The SMILES string of the molecule is O=C(OC1CC1)c1ccc(C(=O)OC2CC2)c(C(=O)OC2CC2)c1. The van der Waals surface area contributed by atoms with Gasteiger partial charge in [0, 0.05) is 0 Å². The van der Waals surface area contributed by atoms with Crippen LogP contribution in [0, 0.1) is 0 Å². The normalized spacial score (nSPS) is 19.5. The molecule has 24 heavy (non-hydrogen) atoms. The van der Waals surface area contributed by atoms with Gasteiger partial charge in [-0.15, -0.1) is 0 Å². The molecule has 0 atom stereocenters. The van der Waals surface area contributed by atoms with Crippen molar-refractivity contribution in [1.82, 2.24) is 0 Å². The molecule has 3 aliphatic rings. The zero-order valence-corrected chi connectivity index (χ0v) is 13.2. The summed E-state index contributed by atoms with van der Waals surface area (Å²) in [4.78, 5) is 36.7. The van der Waals surface area contributed by atoms with Crippen molar-refractivity contribution >= 4 is 17.9 Å². The first-order valence-corrected chi connectivity index (χ1v) is 8.37.